The van der Waals surface area contributed by atoms with E-state index in [2.05, 4.69) is 40.3 Å². The average molecular weight is 326 g/mol. The van der Waals surface area contributed by atoms with Gasteiger partial charge in [0.25, 0.3) is 0 Å². The molecule has 96 valence electrons. The van der Waals surface area contributed by atoms with Gasteiger partial charge < -0.3 is 10.1 Å². The number of thiophene rings is 1. The van der Waals surface area contributed by atoms with E-state index in [1.165, 1.54) is 9.75 Å². The number of halogens is 1. The molecule has 0 saturated carbocycles. The zero-order valence-electron chi connectivity index (χ0n) is 10.3. The second-order valence-corrected chi connectivity index (χ2v) is 6.06. The van der Waals surface area contributed by atoms with E-state index >= 15 is 0 Å². The molecule has 0 aliphatic rings. The van der Waals surface area contributed by atoms with Crippen molar-refractivity contribution in [3.63, 3.8) is 0 Å². The van der Waals surface area contributed by atoms with Gasteiger partial charge in [-0.2, -0.15) is 0 Å². The van der Waals surface area contributed by atoms with Crippen molar-refractivity contribution in [3.05, 3.63) is 50.6 Å². The fraction of sp³-hybridized carbons (Fsp3) is 0.286. The van der Waals surface area contributed by atoms with Crippen molar-refractivity contribution < 1.29 is 4.74 Å². The fourth-order valence-electron chi connectivity index (χ4n) is 1.55. The lowest BCUT2D eigenvalue weighted by molar-refractivity contribution is 0.309. The highest BCUT2D eigenvalue weighted by atomic mass is 79.9. The van der Waals surface area contributed by atoms with Crippen LogP contribution in [0.15, 0.2) is 40.9 Å². The summed E-state index contributed by atoms with van der Waals surface area (Å²) < 4.78 is 6.79. The van der Waals surface area contributed by atoms with Gasteiger partial charge in [0.05, 0.1) is 0 Å². The molecule has 0 saturated heterocycles. The molecule has 4 heteroatoms. The van der Waals surface area contributed by atoms with Gasteiger partial charge in [-0.25, -0.2) is 0 Å². The summed E-state index contributed by atoms with van der Waals surface area (Å²) in [4.78, 5) is 2.60. The van der Waals surface area contributed by atoms with Crippen LogP contribution in [-0.4, -0.2) is 6.54 Å². The first kappa shape index (κ1) is 13.6. The van der Waals surface area contributed by atoms with Crippen LogP contribution in [0.25, 0.3) is 0 Å². The monoisotopic (exact) mass is 325 g/mol. The van der Waals surface area contributed by atoms with E-state index in [-0.39, 0.29) is 0 Å². The molecule has 2 nitrogen and oxygen atoms in total. The van der Waals surface area contributed by atoms with Gasteiger partial charge in [0.1, 0.15) is 12.4 Å². The van der Waals surface area contributed by atoms with E-state index in [4.69, 9.17) is 4.74 Å². The predicted molar refractivity (Wildman–Crippen MR) is 80.2 cm³/mol. The van der Waals surface area contributed by atoms with Crippen LogP contribution in [0.5, 0.6) is 5.75 Å². The summed E-state index contributed by atoms with van der Waals surface area (Å²) in [5, 5.41) is 3.32. The summed E-state index contributed by atoms with van der Waals surface area (Å²) in [5.41, 5.74) is 0. The third-order valence-electron chi connectivity index (χ3n) is 2.44. The number of nitrogens with one attached hydrogen (secondary N) is 1. The Balaban J connectivity index is 1.88. The molecule has 0 radical (unpaired) electrons. The maximum atomic E-state index is 5.75. The standard InChI is InChI=1S/C14H16BrNOS/c1-2-16-9-13-6-7-14(18-13)10-17-12-5-3-4-11(15)8-12/h3-8,16H,2,9-10H2,1H3. The van der Waals surface area contributed by atoms with Crippen molar-refractivity contribution >= 4 is 27.3 Å². The van der Waals surface area contributed by atoms with E-state index in [1.807, 2.05) is 24.3 Å². The third-order valence-corrected chi connectivity index (χ3v) is 4.00. The van der Waals surface area contributed by atoms with E-state index in [0.29, 0.717) is 6.61 Å². The Bertz CT molecular complexity index is 498. The van der Waals surface area contributed by atoms with Crippen LogP contribution in [0.2, 0.25) is 0 Å². The third kappa shape index (κ3) is 4.12. The van der Waals surface area contributed by atoms with Gasteiger partial charge in [-0.1, -0.05) is 28.9 Å². The minimum Gasteiger partial charge on any atom is -0.488 e. The molecule has 18 heavy (non-hydrogen) atoms. The average Bonchev–Trinajstić information content (AvgIpc) is 2.82. The van der Waals surface area contributed by atoms with Crippen molar-refractivity contribution in [3.8, 4) is 5.75 Å². The van der Waals surface area contributed by atoms with Crippen molar-refractivity contribution in [2.24, 2.45) is 0 Å². The number of hydrogen-bond acceptors (Lipinski definition) is 3. The Hall–Kier alpha value is -0.840. The Kier molecular flexibility index (Phi) is 5.23. The largest absolute Gasteiger partial charge is 0.488 e. The van der Waals surface area contributed by atoms with E-state index < -0.39 is 0 Å². The highest BCUT2D eigenvalue weighted by Gasteiger charge is 2.01. The first-order chi connectivity index (χ1) is 8.78. The summed E-state index contributed by atoms with van der Waals surface area (Å²) in [6.45, 7) is 4.69. The molecule has 0 unspecified atom stereocenters. The first-order valence-electron chi connectivity index (χ1n) is 5.94. The highest BCUT2D eigenvalue weighted by Crippen LogP contribution is 2.21. The molecule has 0 atom stereocenters. The minimum atomic E-state index is 0.632. The van der Waals surface area contributed by atoms with E-state index in [1.54, 1.807) is 11.3 Å². The van der Waals surface area contributed by atoms with Crippen LogP contribution < -0.4 is 10.1 Å². The number of rotatable bonds is 6. The Morgan fingerprint density at radius 1 is 1.22 bits per heavy atom. The molecule has 1 aromatic carbocycles. The lowest BCUT2D eigenvalue weighted by atomic mass is 10.3. The minimum absolute atomic E-state index is 0.632. The van der Waals surface area contributed by atoms with E-state index in [9.17, 15) is 0 Å². The lowest BCUT2D eigenvalue weighted by Gasteiger charge is -2.04. The molecule has 2 rings (SSSR count). The maximum absolute atomic E-state index is 5.75. The van der Waals surface area contributed by atoms with Crippen LogP contribution >= 0.6 is 27.3 Å². The van der Waals surface area contributed by atoms with Crippen molar-refractivity contribution in [1.82, 2.24) is 5.32 Å². The van der Waals surface area contributed by atoms with Gasteiger partial charge in [-0.15, -0.1) is 11.3 Å². The predicted octanol–water partition coefficient (Wildman–Crippen LogP) is 4.20. The molecule has 2 aromatic rings. The van der Waals surface area contributed by atoms with Crippen molar-refractivity contribution in [1.29, 1.82) is 0 Å². The Morgan fingerprint density at radius 3 is 2.83 bits per heavy atom. The van der Waals surface area contributed by atoms with Gasteiger partial charge in [0.2, 0.25) is 0 Å². The molecular weight excluding hydrogens is 310 g/mol. The summed E-state index contributed by atoms with van der Waals surface area (Å²) in [6.07, 6.45) is 0. The molecule has 0 fully saturated rings. The SMILES string of the molecule is CCNCc1ccc(COc2cccc(Br)c2)s1. The normalized spacial score (nSPS) is 10.6. The van der Waals surface area contributed by atoms with Crippen LogP contribution in [0.3, 0.4) is 0 Å². The summed E-state index contributed by atoms with van der Waals surface area (Å²) in [5.74, 6) is 0.894. The molecule has 0 aliphatic carbocycles. The van der Waals surface area contributed by atoms with Crippen LogP contribution in [-0.2, 0) is 13.2 Å². The maximum Gasteiger partial charge on any atom is 0.122 e. The second-order valence-electron chi connectivity index (χ2n) is 3.89. The molecule has 0 aliphatic heterocycles. The summed E-state index contributed by atoms with van der Waals surface area (Å²) in [6, 6.07) is 12.2. The highest BCUT2D eigenvalue weighted by molar-refractivity contribution is 9.10. The zero-order valence-corrected chi connectivity index (χ0v) is 12.7. The van der Waals surface area contributed by atoms with E-state index in [0.717, 1.165) is 23.3 Å². The molecular formula is C14H16BrNOS. The van der Waals surface area contributed by atoms with Crippen molar-refractivity contribution in [2.75, 3.05) is 6.54 Å². The molecule has 1 aromatic heterocycles. The first-order valence-corrected chi connectivity index (χ1v) is 7.55. The topological polar surface area (TPSA) is 21.3 Å². The van der Waals surface area contributed by atoms with Gasteiger partial charge in [-0.05, 0) is 36.9 Å². The molecule has 1 N–H and O–H groups in total. The lowest BCUT2D eigenvalue weighted by Crippen LogP contribution is -2.10. The van der Waals surface area contributed by atoms with Crippen LogP contribution in [0.4, 0.5) is 0 Å². The number of hydrogen-bond donors (Lipinski definition) is 1. The Labute approximate surface area is 120 Å². The van der Waals surface area contributed by atoms with Gasteiger partial charge >= 0.3 is 0 Å². The Morgan fingerprint density at radius 2 is 2.06 bits per heavy atom. The zero-order chi connectivity index (χ0) is 12.8. The number of ether oxygens (including phenoxy) is 1. The fourth-order valence-corrected chi connectivity index (χ4v) is 2.83. The molecule has 0 spiro atoms. The summed E-state index contributed by atoms with van der Waals surface area (Å²) in [7, 11) is 0. The second kappa shape index (κ2) is 6.92. The molecule has 1 heterocycles. The quantitative estimate of drug-likeness (QED) is 0.859. The number of benzene rings is 1. The molecule has 0 bridgehead atoms. The van der Waals surface area contributed by atoms with Crippen LogP contribution in [0, 0.1) is 0 Å². The van der Waals surface area contributed by atoms with Gasteiger partial charge in [0.15, 0.2) is 0 Å². The smallest absolute Gasteiger partial charge is 0.122 e. The van der Waals surface area contributed by atoms with Gasteiger partial charge in [-0.3, -0.25) is 0 Å². The van der Waals surface area contributed by atoms with Gasteiger partial charge in [0, 0.05) is 20.8 Å². The molecule has 0 amide bonds. The van der Waals surface area contributed by atoms with Crippen molar-refractivity contribution in [2.45, 2.75) is 20.1 Å². The summed E-state index contributed by atoms with van der Waals surface area (Å²) >= 11 is 5.23. The van der Waals surface area contributed by atoms with Crippen LogP contribution in [0.1, 0.15) is 16.7 Å².